The van der Waals surface area contributed by atoms with Gasteiger partial charge in [-0.1, -0.05) is 12.1 Å². The van der Waals surface area contributed by atoms with E-state index in [2.05, 4.69) is 20.7 Å². The zero-order valence-corrected chi connectivity index (χ0v) is 12.1. The van der Waals surface area contributed by atoms with E-state index in [0.29, 0.717) is 18.8 Å². The molecule has 118 valence electrons. The third-order valence-electron chi connectivity index (χ3n) is 3.00. The zero-order valence-electron chi connectivity index (χ0n) is 12.1. The van der Waals surface area contributed by atoms with Gasteiger partial charge in [-0.25, -0.2) is 4.79 Å². The van der Waals surface area contributed by atoms with E-state index in [4.69, 9.17) is 15.6 Å². The Morgan fingerprint density at radius 2 is 2.18 bits per heavy atom. The summed E-state index contributed by atoms with van der Waals surface area (Å²) in [6.07, 6.45) is -0.514. The van der Waals surface area contributed by atoms with E-state index in [0.717, 1.165) is 11.3 Å². The number of nitrogens with two attached hydrogens (primary N) is 1. The molecule has 0 bridgehead atoms. The fourth-order valence-corrected chi connectivity index (χ4v) is 1.87. The SMILES string of the molecule is COc1ccc(C[C@H](N)c2nnn(CCNC(=O)O)n2)cc1. The Bertz CT molecular complexity index is 612. The smallest absolute Gasteiger partial charge is 0.404 e. The molecule has 1 atom stereocenters. The lowest BCUT2D eigenvalue weighted by atomic mass is 10.1. The van der Waals surface area contributed by atoms with Crippen molar-refractivity contribution >= 4 is 6.09 Å². The summed E-state index contributed by atoms with van der Waals surface area (Å²) in [5.74, 6) is 1.21. The van der Waals surface area contributed by atoms with Gasteiger partial charge in [0.15, 0.2) is 5.82 Å². The molecule has 0 unspecified atom stereocenters. The van der Waals surface area contributed by atoms with E-state index in [1.54, 1.807) is 7.11 Å². The van der Waals surface area contributed by atoms with Crippen molar-refractivity contribution in [1.82, 2.24) is 25.5 Å². The average molecular weight is 306 g/mol. The number of ether oxygens (including phenoxy) is 1. The standard InChI is InChI=1S/C13H18N6O3/c1-22-10-4-2-9(3-5-10)8-11(14)12-16-18-19(17-12)7-6-15-13(20)21/h2-5,11,15H,6-8,14H2,1H3,(H,20,21)/t11-/m0/s1. The minimum Gasteiger partial charge on any atom is -0.497 e. The fraction of sp³-hybridized carbons (Fsp3) is 0.385. The second kappa shape index (κ2) is 7.36. The number of methoxy groups -OCH3 is 1. The number of hydrogen-bond donors (Lipinski definition) is 3. The maximum Gasteiger partial charge on any atom is 0.404 e. The number of rotatable bonds is 7. The van der Waals surface area contributed by atoms with Crippen LogP contribution in [-0.2, 0) is 13.0 Å². The summed E-state index contributed by atoms with van der Waals surface area (Å²) in [5, 5.41) is 22.6. The lowest BCUT2D eigenvalue weighted by Gasteiger charge is -2.08. The van der Waals surface area contributed by atoms with E-state index in [9.17, 15) is 4.79 Å². The minimum absolute atomic E-state index is 0.207. The Kier molecular flexibility index (Phi) is 5.26. The Labute approximate surface area is 127 Å². The average Bonchev–Trinajstić information content (AvgIpc) is 2.96. The van der Waals surface area contributed by atoms with Gasteiger partial charge in [-0.2, -0.15) is 4.80 Å². The van der Waals surface area contributed by atoms with E-state index in [-0.39, 0.29) is 12.6 Å². The summed E-state index contributed by atoms with van der Waals surface area (Å²) in [5.41, 5.74) is 7.11. The molecule has 9 heteroatoms. The third kappa shape index (κ3) is 4.42. The first-order valence-electron chi connectivity index (χ1n) is 6.71. The van der Waals surface area contributed by atoms with Crippen molar-refractivity contribution in [3.05, 3.63) is 35.7 Å². The maximum atomic E-state index is 10.3. The Morgan fingerprint density at radius 1 is 1.45 bits per heavy atom. The number of nitrogens with zero attached hydrogens (tertiary/aromatic N) is 4. The molecular formula is C13H18N6O3. The van der Waals surface area contributed by atoms with Gasteiger partial charge in [-0.15, -0.1) is 10.2 Å². The number of tetrazole rings is 1. The highest BCUT2D eigenvalue weighted by Crippen LogP contribution is 2.16. The number of carbonyl (C=O) groups is 1. The first kappa shape index (κ1) is 15.7. The first-order valence-corrected chi connectivity index (χ1v) is 6.71. The predicted molar refractivity (Wildman–Crippen MR) is 77.5 cm³/mol. The Morgan fingerprint density at radius 3 is 2.82 bits per heavy atom. The molecular weight excluding hydrogens is 288 g/mol. The molecule has 0 aliphatic carbocycles. The molecule has 1 heterocycles. The monoisotopic (exact) mass is 306 g/mol. The summed E-state index contributed by atoms with van der Waals surface area (Å²) < 4.78 is 5.10. The summed E-state index contributed by atoms with van der Waals surface area (Å²) >= 11 is 0. The number of amides is 1. The fourth-order valence-electron chi connectivity index (χ4n) is 1.87. The van der Waals surface area contributed by atoms with Gasteiger partial charge >= 0.3 is 6.09 Å². The number of benzene rings is 1. The quantitative estimate of drug-likeness (QED) is 0.666. The highest BCUT2D eigenvalue weighted by Gasteiger charge is 2.13. The van der Waals surface area contributed by atoms with Crippen molar-refractivity contribution in [2.24, 2.45) is 5.73 Å². The molecule has 0 saturated carbocycles. The lowest BCUT2D eigenvalue weighted by molar-refractivity contribution is 0.193. The van der Waals surface area contributed by atoms with Crippen molar-refractivity contribution in [2.45, 2.75) is 19.0 Å². The van der Waals surface area contributed by atoms with Crippen LogP contribution in [0.2, 0.25) is 0 Å². The van der Waals surface area contributed by atoms with Crippen molar-refractivity contribution in [2.75, 3.05) is 13.7 Å². The largest absolute Gasteiger partial charge is 0.497 e. The van der Waals surface area contributed by atoms with Crippen LogP contribution in [0.5, 0.6) is 5.75 Å². The van der Waals surface area contributed by atoms with Gasteiger partial charge in [0.2, 0.25) is 0 Å². The lowest BCUT2D eigenvalue weighted by Crippen LogP contribution is -2.26. The van der Waals surface area contributed by atoms with Crippen LogP contribution in [-0.4, -0.2) is 45.1 Å². The van der Waals surface area contributed by atoms with Crippen molar-refractivity contribution in [1.29, 1.82) is 0 Å². The third-order valence-corrected chi connectivity index (χ3v) is 3.00. The van der Waals surface area contributed by atoms with Gasteiger partial charge in [0, 0.05) is 6.54 Å². The summed E-state index contributed by atoms with van der Waals surface area (Å²) in [6, 6.07) is 7.21. The molecule has 22 heavy (non-hydrogen) atoms. The molecule has 1 amide bonds. The molecule has 2 rings (SSSR count). The highest BCUT2D eigenvalue weighted by atomic mass is 16.5. The van der Waals surface area contributed by atoms with Gasteiger partial charge in [-0.3, -0.25) is 0 Å². The van der Waals surface area contributed by atoms with Gasteiger partial charge in [-0.05, 0) is 29.3 Å². The van der Waals surface area contributed by atoms with Crippen LogP contribution in [0.15, 0.2) is 24.3 Å². The van der Waals surface area contributed by atoms with Crippen LogP contribution >= 0.6 is 0 Å². The van der Waals surface area contributed by atoms with Crippen LogP contribution in [0.4, 0.5) is 4.79 Å². The Hall–Kier alpha value is -2.68. The summed E-state index contributed by atoms with van der Waals surface area (Å²) in [6.45, 7) is 0.507. The predicted octanol–water partition coefficient (Wildman–Crippen LogP) is 0.192. The van der Waals surface area contributed by atoms with E-state index >= 15 is 0 Å². The van der Waals surface area contributed by atoms with E-state index in [1.165, 1.54) is 4.80 Å². The van der Waals surface area contributed by atoms with Crippen molar-refractivity contribution in [3.8, 4) is 5.75 Å². The van der Waals surface area contributed by atoms with Gasteiger partial charge < -0.3 is 20.9 Å². The molecule has 9 nitrogen and oxygen atoms in total. The molecule has 0 spiro atoms. The van der Waals surface area contributed by atoms with Gasteiger partial charge in [0.05, 0.1) is 19.7 Å². The molecule has 1 aromatic carbocycles. The van der Waals surface area contributed by atoms with Crippen LogP contribution in [0.3, 0.4) is 0 Å². The van der Waals surface area contributed by atoms with Crippen molar-refractivity contribution in [3.63, 3.8) is 0 Å². The molecule has 0 radical (unpaired) electrons. The van der Waals surface area contributed by atoms with Crippen molar-refractivity contribution < 1.29 is 14.6 Å². The van der Waals surface area contributed by atoms with Crippen LogP contribution < -0.4 is 15.8 Å². The van der Waals surface area contributed by atoms with Crippen LogP contribution in [0, 0.1) is 0 Å². The number of hydrogen-bond acceptors (Lipinski definition) is 6. The molecule has 1 aromatic heterocycles. The highest BCUT2D eigenvalue weighted by molar-refractivity contribution is 5.64. The molecule has 0 saturated heterocycles. The molecule has 2 aromatic rings. The molecule has 0 fully saturated rings. The molecule has 0 aliphatic rings. The number of aromatic nitrogens is 4. The first-order chi connectivity index (χ1) is 10.6. The Balaban J connectivity index is 1.90. The summed E-state index contributed by atoms with van der Waals surface area (Å²) in [7, 11) is 1.61. The van der Waals surface area contributed by atoms with E-state index < -0.39 is 6.09 Å². The molecule has 0 aliphatic heterocycles. The van der Waals surface area contributed by atoms with Crippen LogP contribution in [0.1, 0.15) is 17.4 Å². The zero-order chi connectivity index (χ0) is 15.9. The second-order valence-electron chi connectivity index (χ2n) is 4.63. The normalized spacial score (nSPS) is 11.9. The summed E-state index contributed by atoms with van der Waals surface area (Å²) in [4.78, 5) is 11.7. The minimum atomic E-state index is -1.09. The maximum absolute atomic E-state index is 10.3. The second-order valence-corrected chi connectivity index (χ2v) is 4.63. The van der Waals surface area contributed by atoms with Crippen LogP contribution in [0.25, 0.3) is 0 Å². The van der Waals surface area contributed by atoms with Gasteiger partial charge in [0.25, 0.3) is 0 Å². The topological polar surface area (TPSA) is 128 Å². The molecule has 4 N–H and O–H groups in total. The number of nitrogens with one attached hydrogen (secondary N) is 1. The number of carboxylic acid groups (broad SMARTS) is 1. The van der Waals surface area contributed by atoms with Gasteiger partial charge in [0.1, 0.15) is 5.75 Å². The van der Waals surface area contributed by atoms with E-state index in [1.807, 2.05) is 24.3 Å².